The van der Waals surface area contributed by atoms with Gasteiger partial charge in [-0.1, -0.05) is 6.92 Å². The van der Waals surface area contributed by atoms with E-state index >= 15 is 0 Å². The highest BCUT2D eigenvalue weighted by molar-refractivity contribution is 5.82. The molecule has 2 atom stereocenters. The summed E-state index contributed by atoms with van der Waals surface area (Å²) in [5.74, 6) is -0.965. The average Bonchev–Trinajstić information content (AvgIpc) is 2.72. The van der Waals surface area contributed by atoms with Gasteiger partial charge in [0.2, 0.25) is 0 Å². The van der Waals surface area contributed by atoms with Crippen molar-refractivity contribution < 1.29 is 14.7 Å². The van der Waals surface area contributed by atoms with Crippen molar-refractivity contribution in [3.8, 4) is 0 Å². The Morgan fingerprint density at radius 2 is 2.05 bits per heavy atom. The Morgan fingerprint density at radius 3 is 2.74 bits per heavy atom. The van der Waals surface area contributed by atoms with Crippen LogP contribution in [-0.2, 0) is 4.79 Å². The van der Waals surface area contributed by atoms with Gasteiger partial charge in [-0.05, 0) is 32.2 Å². The summed E-state index contributed by atoms with van der Waals surface area (Å²) < 4.78 is 0. The second-order valence-corrected chi connectivity index (χ2v) is 5.38. The first-order valence-electron chi connectivity index (χ1n) is 7.14. The number of carbonyl (C=O) groups is 2. The molecule has 0 saturated carbocycles. The number of nitrogens with zero attached hydrogens (tertiary/aromatic N) is 2. The van der Waals surface area contributed by atoms with E-state index in [0.717, 1.165) is 39.0 Å². The number of hydrogen-bond acceptors (Lipinski definition) is 3. The predicted octanol–water partition coefficient (Wildman–Crippen LogP) is 0.729. The maximum absolute atomic E-state index is 12.1. The van der Waals surface area contributed by atoms with Crippen molar-refractivity contribution in [1.82, 2.24) is 15.1 Å². The lowest BCUT2D eigenvalue weighted by atomic mass is 10.2. The number of aliphatic carboxylic acids is 1. The molecule has 2 fully saturated rings. The number of urea groups is 1. The van der Waals surface area contributed by atoms with Crippen LogP contribution in [0.5, 0.6) is 0 Å². The zero-order valence-corrected chi connectivity index (χ0v) is 11.5. The number of fused-ring (bicyclic) bond motifs is 1. The molecule has 6 heteroatoms. The molecule has 0 aromatic rings. The van der Waals surface area contributed by atoms with Crippen molar-refractivity contribution in [1.29, 1.82) is 0 Å². The van der Waals surface area contributed by atoms with E-state index < -0.39 is 12.0 Å². The first-order valence-corrected chi connectivity index (χ1v) is 7.14. The molecule has 0 aromatic heterocycles. The van der Waals surface area contributed by atoms with Crippen LogP contribution in [-0.4, -0.2) is 65.2 Å². The summed E-state index contributed by atoms with van der Waals surface area (Å²) in [4.78, 5) is 27.3. The van der Waals surface area contributed by atoms with E-state index in [1.165, 1.54) is 6.42 Å². The number of carboxylic acids is 1. The molecule has 2 heterocycles. The molecule has 2 aliphatic rings. The van der Waals surface area contributed by atoms with Crippen molar-refractivity contribution in [2.24, 2.45) is 0 Å². The van der Waals surface area contributed by atoms with E-state index in [4.69, 9.17) is 5.11 Å². The van der Waals surface area contributed by atoms with Crippen LogP contribution in [0.3, 0.4) is 0 Å². The van der Waals surface area contributed by atoms with E-state index in [1.54, 1.807) is 11.8 Å². The Hall–Kier alpha value is -1.30. The Labute approximate surface area is 113 Å². The van der Waals surface area contributed by atoms with Gasteiger partial charge in [0.1, 0.15) is 6.04 Å². The third kappa shape index (κ3) is 3.37. The monoisotopic (exact) mass is 269 g/mol. The first kappa shape index (κ1) is 14.1. The fourth-order valence-corrected chi connectivity index (χ4v) is 2.97. The fraction of sp³-hybridized carbons (Fsp3) is 0.846. The van der Waals surface area contributed by atoms with E-state index in [9.17, 15) is 9.59 Å². The van der Waals surface area contributed by atoms with Gasteiger partial charge in [-0.2, -0.15) is 0 Å². The van der Waals surface area contributed by atoms with Gasteiger partial charge in [0.25, 0.3) is 0 Å². The van der Waals surface area contributed by atoms with Gasteiger partial charge in [-0.25, -0.2) is 9.59 Å². The molecule has 19 heavy (non-hydrogen) atoms. The Bertz CT molecular complexity index is 348. The zero-order chi connectivity index (χ0) is 13.8. The van der Waals surface area contributed by atoms with Gasteiger partial charge in [-0.15, -0.1) is 0 Å². The minimum Gasteiger partial charge on any atom is -0.480 e. The molecule has 0 spiro atoms. The second kappa shape index (κ2) is 6.23. The van der Waals surface area contributed by atoms with Crippen LogP contribution >= 0.6 is 0 Å². The highest BCUT2D eigenvalue weighted by atomic mass is 16.4. The van der Waals surface area contributed by atoms with Crippen molar-refractivity contribution in [2.75, 3.05) is 26.2 Å². The fourth-order valence-electron chi connectivity index (χ4n) is 2.97. The van der Waals surface area contributed by atoms with Crippen molar-refractivity contribution in [3.05, 3.63) is 0 Å². The van der Waals surface area contributed by atoms with Crippen LogP contribution in [0.2, 0.25) is 0 Å². The van der Waals surface area contributed by atoms with Crippen LogP contribution in [0.1, 0.15) is 32.6 Å². The van der Waals surface area contributed by atoms with Crippen LogP contribution in [0.25, 0.3) is 0 Å². The molecule has 6 nitrogen and oxygen atoms in total. The van der Waals surface area contributed by atoms with Gasteiger partial charge in [-0.3, -0.25) is 4.90 Å². The summed E-state index contributed by atoms with van der Waals surface area (Å²) in [5.41, 5.74) is 0. The lowest BCUT2D eigenvalue weighted by molar-refractivity contribution is -0.139. The van der Waals surface area contributed by atoms with E-state index in [0.29, 0.717) is 12.5 Å². The number of carbonyl (C=O) groups excluding carboxylic acids is 1. The zero-order valence-electron chi connectivity index (χ0n) is 11.5. The molecule has 108 valence electrons. The lowest BCUT2D eigenvalue weighted by Gasteiger charge is -2.27. The third-order valence-electron chi connectivity index (χ3n) is 4.09. The summed E-state index contributed by atoms with van der Waals surface area (Å²) in [7, 11) is 0. The van der Waals surface area contributed by atoms with Crippen LogP contribution in [0.4, 0.5) is 4.79 Å². The van der Waals surface area contributed by atoms with Crippen molar-refractivity contribution in [3.63, 3.8) is 0 Å². The molecule has 2 saturated heterocycles. The molecule has 1 unspecified atom stereocenters. The minimum absolute atomic E-state index is 0.233. The molecular formula is C13H23N3O3. The van der Waals surface area contributed by atoms with Crippen molar-refractivity contribution in [2.45, 2.75) is 44.7 Å². The Morgan fingerprint density at radius 1 is 1.32 bits per heavy atom. The number of amides is 2. The number of rotatable bonds is 3. The van der Waals surface area contributed by atoms with E-state index in [-0.39, 0.29) is 6.03 Å². The third-order valence-corrected chi connectivity index (χ3v) is 4.09. The summed E-state index contributed by atoms with van der Waals surface area (Å²) >= 11 is 0. The quantitative estimate of drug-likeness (QED) is 0.792. The Kier molecular flexibility index (Phi) is 4.63. The summed E-state index contributed by atoms with van der Waals surface area (Å²) in [6.45, 7) is 5.38. The van der Waals surface area contributed by atoms with Gasteiger partial charge in [0.05, 0.1) is 0 Å². The number of nitrogens with one attached hydrogen (secondary N) is 1. The molecule has 0 bridgehead atoms. The molecule has 2 amide bonds. The first-order chi connectivity index (χ1) is 9.11. The highest BCUT2D eigenvalue weighted by Gasteiger charge is 2.31. The molecule has 2 aliphatic heterocycles. The number of carboxylic acid groups (broad SMARTS) is 1. The van der Waals surface area contributed by atoms with Gasteiger partial charge < -0.3 is 15.3 Å². The number of hydrogen-bond donors (Lipinski definition) is 2. The van der Waals surface area contributed by atoms with Gasteiger partial charge in [0, 0.05) is 25.7 Å². The molecule has 2 N–H and O–H groups in total. The predicted molar refractivity (Wildman–Crippen MR) is 71.0 cm³/mol. The van der Waals surface area contributed by atoms with Gasteiger partial charge >= 0.3 is 12.0 Å². The second-order valence-electron chi connectivity index (χ2n) is 5.38. The maximum atomic E-state index is 12.1. The lowest BCUT2D eigenvalue weighted by Crippen LogP contribution is -2.49. The van der Waals surface area contributed by atoms with Crippen LogP contribution in [0, 0.1) is 0 Å². The smallest absolute Gasteiger partial charge is 0.326 e. The summed E-state index contributed by atoms with van der Waals surface area (Å²) in [6, 6.07) is -0.559. The Balaban J connectivity index is 1.92. The molecule has 0 aromatic carbocycles. The molecule has 2 rings (SSSR count). The summed E-state index contributed by atoms with van der Waals surface area (Å²) in [5, 5.41) is 11.6. The molecule has 0 aliphatic carbocycles. The van der Waals surface area contributed by atoms with Crippen LogP contribution in [0.15, 0.2) is 0 Å². The molecular weight excluding hydrogens is 246 g/mol. The maximum Gasteiger partial charge on any atom is 0.326 e. The normalized spacial score (nSPS) is 25.5. The van der Waals surface area contributed by atoms with Gasteiger partial charge in [0.15, 0.2) is 0 Å². The molecule has 0 radical (unpaired) electrons. The average molecular weight is 269 g/mol. The SMILES string of the molecule is CC[C@@H](NC(=O)N1CCCN2CCCC2C1)C(=O)O. The van der Waals surface area contributed by atoms with E-state index in [1.807, 2.05) is 0 Å². The van der Waals surface area contributed by atoms with Crippen molar-refractivity contribution >= 4 is 12.0 Å². The largest absolute Gasteiger partial charge is 0.480 e. The minimum atomic E-state index is -0.965. The van der Waals surface area contributed by atoms with Crippen LogP contribution < -0.4 is 5.32 Å². The highest BCUT2D eigenvalue weighted by Crippen LogP contribution is 2.21. The van der Waals surface area contributed by atoms with E-state index in [2.05, 4.69) is 10.2 Å². The summed E-state index contributed by atoms with van der Waals surface area (Å²) in [6.07, 6.45) is 3.71. The standard InChI is InChI=1S/C13H23N3O3/c1-2-11(12(17)18)14-13(19)16-8-4-7-15-6-3-5-10(15)9-16/h10-11H,2-9H2,1H3,(H,14,19)(H,17,18)/t10?,11-/m1/s1. The topological polar surface area (TPSA) is 72.9 Å².